The number of piperazine rings is 1. The number of thiazole rings is 1. The lowest BCUT2D eigenvalue weighted by Gasteiger charge is -2.34. The third-order valence-electron chi connectivity index (χ3n) is 7.31. The van der Waals surface area contributed by atoms with Crippen molar-refractivity contribution in [2.24, 2.45) is 4.99 Å². The number of likely N-dealkylation sites (N-methyl/N-ethyl adjacent to an activating group) is 2. The highest BCUT2D eigenvalue weighted by atomic mass is 35.5. The molecule has 0 aliphatic carbocycles. The van der Waals surface area contributed by atoms with Crippen molar-refractivity contribution in [2.75, 3.05) is 50.0 Å². The number of amides is 1. The third-order valence-corrected chi connectivity index (χ3v) is 8.58. The van der Waals surface area contributed by atoms with Crippen LogP contribution in [0.5, 0.6) is 0 Å². The highest BCUT2D eigenvalue weighted by molar-refractivity contribution is 7.14. The zero-order valence-electron chi connectivity index (χ0n) is 23.9. The first-order chi connectivity index (χ1) is 19.8. The average Bonchev–Trinajstić information content (AvgIpc) is 3.41. The summed E-state index contributed by atoms with van der Waals surface area (Å²) in [6.45, 7) is 14.6. The number of carbonyl (C=O) groups is 1. The van der Waals surface area contributed by atoms with Crippen molar-refractivity contribution in [3.05, 3.63) is 94.2 Å². The number of aryl methyl sites for hydroxylation is 1. The van der Waals surface area contributed by atoms with E-state index in [9.17, 15) is 4.79 Å². The molecule has 7 nitrogen and oxygen atoms in total. The Balaban J connectivity index is 1.36. The molecular weight excluding hydrogens is 552 g/mol. The van der Waals surface area contributed by atoms with Crippen LogP contribution in [0.3, 0.4) is 0 Å². The lowest BCUT2D eigenvalue weighted by molar-refractivity contribution is -0.121. The molecule has 0 atom stereocenters. The Labute approximate surface area is 251 Å². The molecule has 2 aromatic carbocycles. The van der Waals surface area contributed by atoms with Gasteiger partial charge in [-0.25, -0.2) is 9.98 Å². The predicted molar refractivity (Wildman–Crippen MR) is 173 cm³/mol. The van der Waals surface area contributed by atoms with Gasteiger partial charge in [-0.2, -0.15) is 0 Å². The number of anilines is 2. The van der Waals surface area contributed by atoms with Crippen LogP contribution in [-0.2, 0) is 4.79 Å². The number of aromatic nitrogens is 1. The van der Waals surface area contributed by atoms with Gasteiger partial charge in [0.25, 0.3) is 5.91 Å². The Morgan fingerprint density at radius 2 is 1.90 bits per heavy atom. The monoisotopic (exact) mass is 586 g/mol. The molecule has 2 aliphatic heterocycles. The number of carbonyl (C=O) groups excluding carboxylic acids is 1. The molecule has 3 aromatic rings. The van der Waals surface area contributed by atoms with Crippen LogP contribution in [0.25, 0.3) is 16.1 Å². The van der Waals surface area contributed by atoms with Crippen LogP contribution in [0, 0.1) is 6.92 Å². The van der Waals surface area contributed by atoms with Crippen LogP contribution in [0.15, 0.2) is 83.8 Å². The van der Waals surface area contributed by atoms with Crippen molar-refractivity contribution in [1.82, 2.24) is 14.8 Å². The third kappa shape index (κ3) is 6.30. The highest BCUT2D eigenvalue weighted by Crippen LogP contribution is 2.35. The fourth-order valence-electron chi connectivity index (χ4n) is 5.00. The molecule has 9 heteroatoms. The van der Waals surface area contributed by atoms with Gasteiger partial charge >= 0.3 is 0 Å². The summed E-state index contributed by atoms with van der Waals surface area (Å²) >= 11 is 8.34. The van der Waals surface area contributed by atoms with Crippen LogP contribution >= 0.6 is 22.9 Å². The number of nitrogens with zero attached hydrogens (tertiary/aromatic N) is 5. The average molecular weight is 587 g/mol. The summed E-state index contributed by atoms with van der Waals surface area (Å²) in [5.74, 6) is 0.859. The Hall–Kier alpha value is -3.72. The normalized spacial score (nSPS) is 18.3. The first-order valence-corrected chi connectivity index (χ1v) is 15.0. The van der Waals surface area contributed by atoms with Crippen LogP contribution < -0.4 is 10.2 Å². The summed E-state index contributed by atoms with van der Waals surface area (Å²) in [5.41, 5.74) is 5.07. The van der Waals surface area contributed by atoms with Gasteiger partial charge < -0.3 is 15.1 Å². The summed E-state index contributed by atoms with van der Waals surface area (Å²) in [7, 11) is 2.16. The minimum absolute atomic E-state index is 0.152. The predicted octanol–water partition coefficient (Wildman–Crippen LogP) is 6.70. The van der Waals surface area contributed by atoms with E-state index >= 15 is 0 Å². The van der Waals surface area contributed by atoms with E-state index in [0.29, 0.717) is 34.4 Å². The van der Waals surface area contributed by atoms with E-state index in [1.165, 1.54) is 5.69 Å². The van der Waals surface area contributed by atoms with Gasteiger partial charge in [-0.15, -0.1) is 11.3 Å². The smallest absolute Gasteiger partial charge is 0.260 e. The maximum Gasteiger partial charge on any atom is 0.260 e. The molecule has 2 aliphatic rings. The SMILES string of the molecule is C=C(/N=C1\C(=C/C)C=C(c2ccc(-c3ncc(C)s3)cc2Cl)C(=O)N1CC)Nc1ccc(N2CCN(C)CC2)cc1. The van der Waals surface area contributed by atoms with E-state index in [4.69, 9.17) is 16.6 Å². The first kappa shape index (κ1) is 28.8. The summed E-state index contributed by atoms with van der Waals surface area (Å²) in [6, 6.07) is 14.0. The van der Waals surface area contributed by atoms with Crippen LogP contribution in [-0.4, -0.2) is 66.3 Å². The van der Waals surface area contributed by atoms with Crippen LogP contribution in [0.1, 0.15) is 24.3 Å². The van der Waals surface area contributed by atoms with Gasteiger partial charge in [-0.05, 0) is 64.2 Å². The summed E-state index contributed by atoms with van der Waals surface area (Å²) < 4.78 is 0. The topological polar surface area (TPSA) is 64.1 Å². The van der Waals surface area contributed by atoms with Crippen molar-refractivity contribution in [2.45, 2.75) is 20.8 Å². The molecule has 212 valence electrons. The van der Waals surface area contributed by atoms with Crippen LogP contribution in [0.4, 0.5) is 11.4 Å². The Bertz CT molecular complexity index is 1550. The molecule has 0 saturated carbocycles. The van der Waals surface area contributed by atoms with E-state index in [1.54, 1.807) is 16.2 Å². The number of hydrogen-bond donors (Lipinski definition) is 1. The highest BCUT2D eigenvalue weighted by Gasteiger charge is 2.31. The minimum atomic E-state index is -0.152. The second kappa shape index (κ2) is 12.4. The number of rotatable bonds is 7. The molecule has 0 radical (unpaired) electrons. The van der Waals surface area contributed by atoms with Gasteiger partial charge in [-0.3, -0.25) is 9.69 Å². The van der Waals surface area contributed by atoms with Gasteiger partial charge in [0.15, 0.2) is 0 Å². The second-order valence-corrected chi connectivity index (χ2v) is 11.8. The van der Waals surface area contributed by atoms with Gasteiger partial charge in [0.1, 0.15) is 16.7 Å². The van der Waals surface area contributed by atoms with Gasteiger partial charge in [0, 0.05) is 82.5 Å². The van der Waals surface area contributed by atoms with Crippen molar-refractivity contribution >= 4 is 51.6 Å². The lowest BCUT2D eigenvalue weighted by Crippen LogP contribution is -2.44. The summed E-state index contributed by atoms with van der Waals surface area (Å²) in [4.78, 5) is 30.5. The van der Waals surface area contributed by atoms with Crippen molar-refractivity contribution in [3.8, 4) is 10.6 Å². The molecule has 0 bridgehead atoms. The van der Waals surface area contributed by atoms with Gasteiger partial charge in [-0.1, -0.05) is 36.4 Å². The van der Waals surface area contributed by atoms with Crippen molar-refractivity contribution < 1.29 is 4.79 Å². The number of halogens is 1. The molecule has 5 rings (SSSR count). The summed E-state index contributed by atoms with van der Waals surface area (Å²) in [5, 5.41) is 4.69. The molecule has 1 saturated heterocycles. The Kier molecular flexibility index (Phi) is 8.73. The molecule has 1 aromatic heterocycles. The van der Waals surface area contributed by atoms with E-state index in [1.807, 2.05) is 69.5 Å². The number of hydrogen-bond acceptors (Lipinski definition) is 7. The van der Waals surface area contributed by atoms with Crippen molar-refractivity contribution in [1.29, 1.82) is 0 Å². The molecule has 0 spiro atoms. The number of benzene rings is 2. The maximum atomic E-state index is 13.7. The number of amidine groups is 1. The molecule has 0 unspecified atom stereocenters. The number of aliphatic imine (C=N–C) groups is 1. The maximum absolute atomic E-state index is 13.7. The first-order valence-electron chi connectivity index (χ1n) is 13.8. The van der Waals surface area contributed by atoms with E-state index in [-0.39, 0.29) is 5.91 Å². The second-order valence-electron chi connectivity index (χ2n) is 10.2. The fraction of sp³-hybridized carbons (Fsp3) is 0.281. The van der Waals surface area contributed by atoms with Gasteiger partial charge in [0.2, 0.25) is 0 Å². The van der Waals surface area contributed by atoms with E-state index < -0.39 is 0 Å². The Morgan fingerprint density at radius 3 is 2.51 bits per heavy atom. The number of allylic oxidation sites excluding steroid dienone is 1. The van der Waals surface area contributed by atoms with Crippen LogP contribution in [0.2, 0.25) is 5.02 Å². The standard InChI is InChI=1S/C32H35ClN6OS/c1-6-23-18-28(27-13-8-24(19-29(27)33)31-34-20-21(3)41-31)32(40)39(7-2)30(23)36-22(4)35-25-9-11-26(12-10-25)38-16-14-37(5)15-17-38/h6,8-13,18-20,35H,4,7,14-17H2,1-3,5H3/b23-6-,36-30+. The lowest BCUT2D eigenvalue weighted by atomic mass is 9.95. The molecule has 41 heavy (non-hydrogen) atoms. The molecule has 1 fully saturated rings. The van der Waals surface area contributed by atoms with Gasteiger partial charge in [0.05, 0.1) is 0 Å². The van der Waals surface area contributed by atoms with Crippen molar-refractivity contribution in [3.63, 3.8) is 0 Å². The molecule has 3 heterocycles. The number of nitrogens with one attached hydrogen (secondary N) is 1. The minimum Gasteiger partial charge on any atom is -0.369 e. The fourth-order valence-corrected chi connectivity index (χ4v) is 6.04. The Morgan fingerprint density at radius 1 is 1.17 bits per heavy atom. The zero-order valence-corrected chi connectivity index (χ0v) is 25.5. The molecule has 1 N–H and O–H groups in total. The zero-order chi connectivity index (χ0) is 29.1. The van der Waals surface area contributed by atoms with E-state index in [2.05, 4.69) is 45.9 Å². The quantitative estimate of drug-likeness (QED) is 0.334. The molecular formula is C32H35ClN6OS. The molecule has 1 amide bonds. The summed E-state index contributed by atoms with van der Waals surface area (Å²) in [6.07, 6.45) is 5.66. The van der Waals surface area contributed by atoms with E-state index in [0.717, 1.165) is 52.9 Å². The largest absolute Gasteiger partial charge is 0.369 e.